The van der Waals surface area contributed by atoms with E-state index in [1.807, 2.05) is 48.5 Å². The summed E-state index contributed by atoms with van der Waals surface area (Å²) in [5.41, 5.74) is 4.10. The fraction of sp³-hybridized carbons (Fsp3) is 0.167. The van der Waals surface area contributed by atoms with Gasteiger partial charge in [0.15, 0.2) is 0 Å². The predicted octanol–water partition coefficient (Wildman–Crippen LogP) is 3.88. The van der Waals surface area contributed by atoms with Crippen molar-refractivity contribution in [3.8, 4) is 22.4 Å². The monoisotopic (exact) mass is 299 g/mol. The molecule has 1 N–H and O–H groups in total. The number of rotatable bonds is 2. The Hall–Kier alpha value is -2.43. The van der Waals surface area contributed by atoms with Crippen molar-refractivity contribution in [3.63, 3.8) is 0 Å². The molecule has 3 rings (SSSR count). The first-order chi connectivity index (χ1) is 10.9. The van der Waals surface area contributed by atoms with Crippen molar-refractivity contribution >= 4 is 0 Å². The number of aromatic nitrogens is 1. The first kappa shape index (κ1) is 17.6. The van der Waals surface area contributed by atoms with Crippen molar-refractivity contribution in [1.82, 2.24) is 5.16 Å². The van der Waals surface area contributed by atoms with E-state index < -0.39 is 0 Å². The first-order valence-electron chi connectivity index (χ1n) is 6.77. The topological polar surface area (TPSA) is 55.5 Å². The van der Waals surface area contributed by atoms with Gasteiger partial charge >= 0.3 is 0 Å². The minimum atomic E-state index is 0.886. The summed E-state index contributed by atoms with van der Waals surface area (Å²) in [5.74, 6) is 0. The minimum Gasteiger partial charge on any atom is -0.400 e. The van der Waals surface area contributed by atoms with Crippen molar-refractivity contribution < 1.29 is 14.4 Å². The molecule has 1 heterocycles. The third-order valence-corrected chi connectivity index (χ3v) is 2.70. The molecule has 0 fully saturated rings. The maximum Gasteiger partial charge on any atom is 0.132 e. The molecular weight excluding hydrogens is 278 g/mol. The lowest BCUT2D eigenvalue weighted by Gasteiger charge is -2.00. The number of aliphatic hydroxyl groups excluding tert-OH is 1. The molecule has 4 heteroatoms. The molecule has 0 aliphatic rings. The van der Waals surface area contributed by atoms with E-state index >= 15 is 0 Å². The summed E-state index contributed by atoms with van der Waals surface area (Å²) < 4.78 is 9.35. The molecule has 2 aromatic carbocycles. The third kappa shape index (κ3) is 4.84. The van der Waals surface area contributed by atoms with Crippen LogP contribution in [-0.2, 0) is 4.74 Å². The van der Waals surface area contributed by atoms with Gasteiger partial charge in [0.2, 0.25) is 0 Å². The number of hydrogen-bond donors (Lipinski definition) is 1. The van der Waals surface area contributed by atoms with E-state index in [4.69, 9.17) is 9.63 Å². The second-order valence-electron chi connectivity index (χ2n) is 4.22. The highest BCUT2D eigenvalue weighted by Gasteiger charge is 2.10. The van der Waals surface area contributed by atoms with Crippen LogP contribution < -0.4 is 0 Å². The van der Waals surface area contributed by atoms with Gasteiger partial charge in [-0.15, -0.1) is 0 Å². The van der Waals surface area contributed by atoms with Crippen LogP contribution in [0, 0.1) is 0 Å². The number of aliphatic hydroxyl groups is 1. The molecule has 0 saturated carbocycles. The van der Waals surface area contributed by atoms with E-state index in [2.05, 4.69) is 22.0 Å². The molecule has 0 spiro atoms. The smallest absolute Gasteiger partial charge is 0.132 e. The Morgan fingerprint density at radius 2 is 1.27 bits per heavy atom. The van der Waals surface area contributed by atoms with Gasteiger partial charge in [0.1, 0.15) is 12.0 Å². The molecule has 0 bridgehead atoms. The summed E-state index contributed by atoms with van der Waals surface area (Å²) in [6, 6.07) is 20.2. The van der Waals surface area contributed by atoms with Crippen LogP contribution in [0.5, 0.6) is 0 Å². The zero-order valence-electron chi connectivity index (χ0n) is 13.1. The van der Waals surface area contributed by atoms with E-state index in [0.29, 0.717) is 0 Å². The Kier molecular flexibility index (Phi) is 8.27. The second kappa shape index (κ2) is 10.3. The lowest BCUT2D eigenvalue weighted by molar-refractivity contribution is 0.277. The Morgan fingerprint density at radius 3 is 1.77 bits per heavy atom. The maximum atomic E-state index is 7.00. The average molecular weight is 299 g/mol. The number of hydrogen-bond acceptors (Lipinski definition) is 4. The van der Waals surface area contributed by atoms with E-state index in [9.17, 15) is 0 Å². The predicted molar refractivity (Wildman–Crippen MR) is 88.5 cm³/mol. The first-order valence-corrected chi connectivity index (χ1v) is 6.77. The number of ether oxygens (including phenoxy) is 1. The van der Waals surface area contributed by atoms with Crippen LogP contribution in [0.2, 0.25) is 0 Å². The SMILES string of the molecule is CO.COC.c1ccc(-c2conc2-c2ccccc2)cc1. The van der Waals surface area contributed by atoms with E-state index in [1.165, 1.54) is 0 Å². The molecule has 22 heavy (non-hydrogen) atoms. The molecule has 1 aromatic heterocycles. The van der Waals surface area contributed by atoms with Crippen LogP contribution >= 0.6 is 0 Å². The van der Waals surface area contributed by atoms with E-state index in [-0.39, 0.29) is 0 Å². The fourth-order valence-electron chi connectivity index (χ4n) is 1.86. The molecule has 116 valence electrons. The molecule has 4 nitrogen and oxygen atoms in total. The zero-order chi connectivity index (χ0) is 16.2. The molecule has 3 aromatic rings. The lowest BCUT2D eigenvalue weighted by atomic mass is 10.0. The molecular formula is C18H21NO3. The van der Waals surface area contributed by atoms with Gasteiger partial charge < -0.3 is 14.4 Å². The van der Waals surface area contributed by atoms with E-state index in [1.54, 1.807) is 20.5 Å². The fourth-order valence-corrected chi connectivity index (χ4v) is 1.86. The van der Waals surface area contributed by atoms with Gasteiger partial charge in [-0.25, -0.2) is 0 Å². The number of benzene rings is 2. The summed E-state index contributed by atoms with van der Waals surface area (Å²) in [7, 11) is 4.25. The number of nitrogens with zero attached hydrogens (tertiary/aromatic N) is 1. The lowest BCUT2D eigenvalue weighted by Crippen LogP contribution is -1.81. The Balaban J connectivity index is 0.000000435. The van der Waals surface area contributed by atoms with Crippen molar-refractivity contribution in [3.05, 3.63) is 66.9 Å². The molecule has 0 radical (unpaired) electrons. The van der Waals surface area contributed by atoms with Gasteiger partial charge in [-0.05, 0) is 5.56 Å². The third-order valence-electron chi connectivity index (χ3n) is 2.70. The van der Waals surface area contributed by atoms with Crippen LogP contribution in [0.1, 0.15) is 0 Å². The van der Waals surface area contributed by atoms with Crippen molar-refractivity contribution in [2.75, 3.05) is 21.3 Å². The van der Waals surface area contributed by atoms with Crippen LogP contribution in [0.4, 0.5) is 0 Å². The van der Waals surface area contributed by atoms with Crippen LogP contribution in [0.25, 0.3) is 22.4 Å². The summed E-state index contributed by atoms with van der Waals surface area (Å²) in [4.78, 5) is 0. The summed E-state index contributed by atoms with van der Waals surface area (Å²) in [6.45, 7) is 0. The van der Waals surface area contributed by atoms with Gasteiger partial charge in [-0.2, -0.15) is 0 Å². The molecule has 0 aliphatic carbocycles. The molecule has 0 aliphatic heterocycles. The highest BCUT2D eigenvalue weighted by Crippen LogP contribution is 2.30. The van der Waals surface area contributed by atoms with Crippen molar-refractivity contribution in [1.29, 1.82) is 0 Å². The largest absolute Gasteiger partial charge is 0.400 e. The summed E-state index contributed by atoms with van der Waals surface area (Å²) >= 11 is 0. The minimum absolute atomic E-state index is 0.886. The maximum absolute atomic E-state index is 7.00. The average Bonchev–Trinajstić information content (AvgIpc) is 3.09. The van der Waals surface area contributed by atoms with Gasteiger partial charge in [0.25, 0.3) is 0 Å². The van der Waals surface area contributed by atoms with Gasteiger partial charge in [0.05, 0.1) is 0 Å². The van der Waals surface area contributed by atoms with Gasteiger partial charge in [-0.1, -0.05) is 65.8 Å². The molecule has 0 amide bonds. The van der Waals surface area contributed by atoms with Crippen molar-refractivity contribution in [2.45, 2.75) is 0 Å². The Bertz CT molecular complexity index is 567. The van der Waals surface area contributed by atoms with Gasteiger partial charge in [0, 0.05) is 32.5 Å². The highest BCUT2D eigenvalue weighted by molar-refractivity contribution is 5.79. The van der Waals surface area contributed by atoms with Crippen LogP contribution in [0.3, 0.4) is 0 Å². The highest BCUT2D eigenvalue weighted by atomic mass is 16.5. The summed E-state index contributed by atoms with van der Waals surface area (Å²) in [5, 5.41) is 11.1. The zero-order valence-corrected chi connectivity index (χ0v) is 13.1. The standard InChI is InChI=1S/C15H11NO.C2H6O.CH4O/c1-3-7-12(8-4-1)14-11-17-16-15(14)13-9-5-2-6-10-13;1-3-2;1-2/h1-11H;1-2H3;2H,1H3. The summed E-state index contributed by atoms with van der Waals surface area (Å²) in [6.07, 6.45) is 1.69. The van der Waals surface area contributed by atoms with Crippen LogP contribution in [0.15, 0.2) is 71.4 Å². The number of methoxy groups -OCH3 is 1. The quantitative estimate of drug-likeness (QED) is 0.780. The van der Waals surface area contributed by atoms with Crippen LogP contribution in [-0.4, -0.2) is 31.6 Å². The Morgan fingerprint density at radius 1 is 0.818 bits per heavy atom. The van der Waals surface area contributed by atoms with E-state index in [0.717, 1.165) is 29.5 Å². The molecule has 0 unspecified atom stereocenters. The second-order valence-corrected chi connectivity index (χ2v) is 4.22. The molecule has 0 saturated heterocycles. The molecule has 0 atom stereocenters. The van der Waals surface area contributed by atoms with Gasteiger partial charge in [-0.3, -0.25) is 0 Å². The normalized spacial score (nSPS) is 9.09. The van der Waals surface area contributed by atoms with Crippen molar-refractivity contribution in [2.24, 2.45) is 0 Å². The Labute approximate surface area is 131 Å².